The highest BCUT2D eigenvalue weighted by molar-refractivity contribution is 7.90. The number of nitrogens with zero attached hydrogens (tertiary/aromatic N) is 2. The van der Waals surface area contributed by atoms with Crippen LogP contribution in [0, 0.1) is 13.8 Å². The normalized spacial score (nSPS) is 16.4. The van der Waals surface area contributed by atoms with Gasteiger partial charge < -0.3 is 5.32 Å². The van der Waals surface area contributed by atoms with E-state index in [0.717, 1.165) is 40.3 Å². The van der Waals surface area contributed by atoms with Crippen molar-refractivity contribution in [1.82, 2.24) is 9.62 Å². The van der Waals surface area contributed by atoms with Crippen molar-refractivity contribution in [2.45, 2.75) is 39.2 Å². The fraction of sp³-hybridized carbons (Fsp3) is 0.409. The van der Waals surface area contributed by atoms with Crippen LogP contribution >= 0.6 is 0 Å². The SMILES string of the molecule is Cc1ccc(C)c(N(CC(=O)N[C@H]2CCCc3ccccc32)S(=O)(=O)N(C)C)c1. The third kappa shape index (κ3) is 4.62. The second-order valence-electron chi connectivity index (χ2n) is 7.80. The standard InChI is InChI=1S/C22H29N3O3S/c1-16-12-13-17(2)21(14-16)25(29(27,28)24(3)4)15-22(26)23-20-11-7-9-18-8-5-6-10-19(18)20/h5-6,8,10,12-14,20H,7,9,11,15H2,1-4H3,(H,23,26)/t20-/m0/s1. The lowest BCUT2D eigenvalue weighted by Crippen LogP contribution is -2.46. The van der Waals surface area contributed by atoms with Crippen LogP contribution in [0.1, 0.15) is 41.1 Å². The number of carbonyl (C=O) groups excluding carboxylic acids is 1. The zero-order chi connectivity index (χ0) is 21.2. The highest BCUT2D eigenvalue weighted by atomic mass is 32.2. The first-order chi connectivity index (χ1) is 13.7. The Morgan fingerprint density at radius 1 is 1.14 bits per heavy atom. The van der Waals surface area contributed by atoms with E-state index in [-0.39, 0.29) is 18.5 Å². The molecule has 0 unspecified atom stereocenters. The van der Waals surface area contributed by atoms with E-state index in [9.17, 15) is 13.2 Å². The maximum atomic E-state index is 13.0. The number of aryl methyl sites for hydroxylation is 3. The van der Waals surface area contributed by atoms with Gasteiger partial charge in [-0.15, -0.1) is 0 Å². The van der Waals surface area contributed by atoms with Crippen molar-refractivity contribution < 1.29 is 13.2 Å². The number of nitrogens with one attached hydrogen (secondary N) is 1. The minimum absolute atomic E-state index is 0.0880. The van der Waals surface area contributed by atoms with Gasteiger partial charge >= 0.3 is 10.2 Å². The number of hydrogen-bond acceptors (Lipinski definition) is 3. The average molecular weight is 416 g/mol. The maximum absolute atomic E-state index is 13.0. The number of hydrogen-bond donors (Lipinski definition) is 1. The Morgan fingerprint density at radius 3 is 2.59 bits per heavy atom. The molecule has 0 bridgehead atoms. The van der Waals surface area contributed by atoms with Crippen LogP contribution in [0.25, 0.3) is 0 Å². The number of amides is 1. The lowest BCUT2D eigenvalue weighted by molar-refractivity contribution is -0.120. The van der Waals surface area contributed by atoms with Crippen molar-refractivity contribution in [3.05, 3.63) is 64.7 Å². The Kier molecular flexibility index (Phi) is 6.29. The van der Waals surface area contributed by atoms with Crippen molar-refractivity contribution in [2.75, 3.05) is 24.9 Å². The lowest BCUT2D eigenvalue weighted by atomic mass is 9.88. The second kappa shape index (κ2) is 8.55. The highest BCUT2D eigenvalue weighted by Crippen LogP contribution is 2.30. The Morgan fingerprint density at radius 2 is 1.86 bits per heavy atom. The molecule has 0 saturated heterocycles. The summed E-state index contributed by atoms with van der Waals surface area (Å²) in [5.41, 5.74) is 4.64. The summed E-state index contributed by atoms with van der Waals surface area (Å²) in [6, 6.07) is 13.6. The Hall–Kier alpha value is -2.38. The van der Waals surface area contributed by atoms with Gasteiger partial charge in [-0.05, 0) is 61.4 Å². The van der Waals surface area contributed by atoms with Crippen LogP contribution in [-0.2, 0) is 21.4 Å². The van der Waals surface area contributed by atoms with Crippen LogP contribution in [0.5, 0.6) is 0 Å². The number of benzene rings is 2. The molecule has 1 amide bonds. The number of rotatable bonds is 6. The van der Waals surface area contributed by atoms with Gasteiger partial charge in [0.1, 0.15) is 6.54 Å². The topological polar surface area (TPSA) is 69.7 Å². The van der Waals surface area contributed by atoms with Crippen LogP contribution in [-0.4, -0.2) is 39.3 Å². The molecule has 1 aliphatic rings. The average Bonchev–Trinajstić information content (AvgIpc) is 2.68. The van der Waals surface area contributed by atoms with Gasteiger partial charge in [0.05, 0.1) is 11.7 Å². The molecule has 0 radical (unpaired) electrons. The molecule has 0 saturated carbocycles. The molecular weight excluding hydrogens is 386 g/mol. The van der Waals surface area contributed by atoms with E-state index >= 15 is 0 Å². The third-order valence-corrected chi connectivity index (χ3v) is 7.17. The van der Waals surface area contributed by atoms with Gasteiger partial charge in [-0.2, -0.15) is 12.7 Å². The summed E-state index contributed by atoms with van der Waals surface area (Å²) >= 11 is 0. The summed E-state index contributed by atoms with van der Waals surface area (Å²) in [4.78, 5) is 12.9. The summed E-state index contributed by atoms with van der Waals surface area (Å²) in [5, 5.41) is 3.06. The first-order valence-corrected chi connectivity index (χ1v) is 11.2. The predicted molar refractivity (Wildman–Crippen MR) is 116 cm³/mol. The predicted octanol–water partition coefficient (Wildman–Crippen LogP) is 3.11. The molecule has 2 aromatic rings. The Labute approximate surface area is 173 Å². The summed E-state index contributed by atoms with van der Waals surface area (Å²) in [5.74, 6) is -0.307. The monoisotopic (exact) mass is 415 g/mol. The molecule has 3 rings (SSSR count). The van der Waals surface area contributed by atoms with Crippen molar-refractivity contribution >= 4 is 21.8 Å². The minimum atomic E-state index is -3.82. The number of anilines is 1. The fourth-order valence-corrected chi connectivity index (χ4v) is 4.87. The van der Waals surface area contributed by atoms with E-state index in [4.69, 9.17) is 0 Å². The van der Waals surface area contributed by atoms with Gasteiger partial charge in [-0.3, -0.25) is 4.79 Å². The lowest BCUT2D eigenvalue weighted by Gasteiger charge is -2.30. The van der Waals surface area contributed by atoms with Crippen molar-refractivity contribution in [3.8, 4) is 0 Å². The molecule has 1 aliphatic carbocycles. The molecule has 1 atom stereocenters. The van der Waals surface area contributed by atoms with Gasteiger partial charge in [0.25, 0.3) is 0 Å². The van der Waals surface area contributed by atoms with Gasteiger partial charge in [0.15, 0.2) is 0 Å². The van der Waals surface area contributed by atoms with Crippen LogP contribution in [0.15, 0.2) is 42.5 Å². The quantitative estimate of drug-likeness (QED) is 0.788. The molecule has 29 heavy (non-hydrogen) atoms. The van der Waals surface area contributed by atoms with Gasteiger partial charge in [-0.1, -0.05) is 36.4 Å². The minimum Gasteiger partial charge on any atom is -0.348 e. The molecule has 1 N–H and O–H groups in total. The molecule has 0 fully saturated rings. The summed E-state index contributed by atoms with van der Waals surface area (Å²) < 4.78 is 28.3. The molecule has 6 nitrogen and oxygen atoms in total. The molecule has 0 aliphatic heterocycles. The van der Waals surface area contributed by atoms with Crippen molar-refractivity contribution in [1.29, 1.82) is 0 Å². The highest BCUT2D eigenvalue weighted by Gasteiger charge is 2.30. The van der Waals surface area contributed by atoms with Crippen LogP contribution in [0.4, 0.5) is 5.69 Å². The Balaban J connectivity index is 1.87. The van der Waals surface area contributed by atoms with Crippen LogP contribution in [0.3, 0.4) is 0 Å². The van der Waals surface area contributed by atoms with Gasteiger partial charge in [0.2, 0.25) is 5.91 Å². The van der Waals surface area contributed by atoms with E-state index in [2.05, 4.69) is 11.4 Å². The zero-order valence-electron chi connectivity index (χ0n) is 17.5. The van der Waals surface area contributed by atoms with E-state index in [1.165, 1.54) is 24.0 Å². The Bertz CT molecular complexity index is 1000. The summed E-state index contributed by atoms with van der Waals surface area (Å²) in [6.07, 6.45) is 2.86. The molecule has 0 spiro atoms. The van der Waals surface area contributed by atoms with E-state index in [1.54, 1.807) is 6.07 Å². The number of fused-ring (bicyclic) bond motifs is 1. The summed E-state index contributed by atoms with van der Waals surface area (Å²) in [7, 11) is -0.872. The van der Waals surface area contributed by atoms with Gasteiger partial charge in [-0.25, -0.2) is 4.31 Å². The maximum Gasteiger partial charge on any atom is 0.304 e. The molecule has 2 aromatic carbocycles. The van der Waals surface area contributed by atoms with Crippen molar-refractivity contribution in [2.24, 2.45) is 0 Å². The largest absolute Gasteiger partial charge is 0.348 e. The molecule has 0 heterocycles. The first-order valence-electron chi connectivity index (χ1n) is 9.84. The van der Waals surface area contributed by atoms with E-state index < -0.39 is 10.2 Å². The molecule has 7 heteroatoms. The smallest absolute Gasteiger partial charge is 0.304 e. The summed E-state index contributed by atoms with van der Waals surface area (Å²) in [6.45, 7) is 3.49. The molecular formula is C22H29N3O3S. The number of carbonyl (C=O) groups is 1. The van der Waals surface area contributed by atoms with E-state index in [1.807, 2.05) is 44.2 Å². The van der Waals surface area contributed by atoms with Crippen LogP contribution < -0.4 is 9.62 Å². The second-order valence-corrected chi connectivity index (χ2v) is 9.86. The zero-order valence-corrected chi connectivity index (χ0v) is 18.3. The van der Waals surface area contributed by atoms with E-state index in [0.29, 0.717) is 5.69 Å². The molecule has 156 valence electrons. The first kappa shape index (κ1) is 21.3. The fourth-order valence-electron chi connectivity index (χ4n) is 3.75. The van der Waals surface area contributed by atoms with Crippen LogP contribution in [0.2, 0.25) is 0 Å². The molecule has 0 aromatic heterocycles. The van der Waals surface area contributed by atoms with Gasteiger partial charge in [0, 0.05) is 14.1 Å². The van der Waals surface area contributed by atoms with Crippen molar-refractivity contribution in [3.63, 3.8) is 0 Å². The third-order valence-electron chi connectivity index (χ3n) is 5.37.